The smallest absolute Gasteiger partial charge is 0.338 e. The SMILES string of the molecule is CCOC(=O)c1cccc(N2C(=O)C(O)=C(C(=O)c3cc4cc(Cl)ccc4o3)C2c2cccc(O)c2)c1. The number of aromatic hydroxyl groups is 1. The Morgan fingerprint density at radius 2 is 1.81 bits per heavy atom. The number of benzene rings is 3. The van der Waals surface area contributed by atoms with Crippen LogP contribution in [0, 0.1) is 0 Å². The zero-order valence-corrected chi connectivity index (χ0v) is 20.2. The van der Waals surface area contributed by atoms with Crippen molar-refractivity contribution in [2.24, 2.45) is 0 Å². The number of hydrogen-bond acceptors (Lipinski definition) is 7. The van der Waals surface area contributed by atoms with Crippen molar-refractivity contribution >= 4 is 45.9 Å². The van der Waals surface area contributed by atoms with E-state index in [9.17, 15) is 24.6 Å². The molecule has 0 aliphatic carbocycles. The van der Waals surface area contributed by atoms with Crippen molar-refractivity contribution in [3.05, 3.63) is 106 Å². The summed E-state index contributed by atoms with van der Waals surface area (Å²) in [5.74, 6) is -3.11. The molecule has 0 saturated heterocycles. The van der Waals surface area contributed by atoms with Crippen LogP contribution in [-0.2, 0) is 9.53 Å². The number of aliphatic hydroxyl groups excluding tert-OH is 1. The van der Waals surface area contributed by atoms with Crippen molar-refractivity contribution in [1.29, 1.82) is 0 Å². The van der Waals surface area contributed by atoms with Crippen molar-refractivity contribution in [2.45, 2.75) is 13.0 Å². The molecule has 1 aliphatic heterocycles. The van der Waals surface area contributed by atoms with Gasteiger partial charge in [-0.1, -0.05) is 29.8 Å². The number of phenols is 1. The van der Waals surface area contributed by atoms with E-state index in [0.717, 1.165) is 0 Å². The van der Waals surface area contributed by atoms with Gasteiger partial charge in [-0.15, -0.1) is 0 Å². The molecule has 37 heavy (non-hydrogen) atoms. The summed E-state index contributed by atoms with van der Waals surface area (Å²) in [6, 6.07) is 17.3. The lowest BCUT2D eigenvalue weighted by Crippen LogP contribution is -2.31. The number of fused-ring (bicyclic) bond motifs is 1. The Kier molecular flexibility index (Phi) is 6.19. The average molecular weight is 518 g/mol. The van der Waals surface area contributed by atoms with Crippen molar-refractivity contribution < 1.29 is 33.8 Å². The number of halogens is 1. The maximum Gasteiger partial charge on any atom is 0.338 e. The molecule has 5 rings (SSSR count). The molecule has 186 valence electrons. The van der Waals surface area contributed by atoms with Gasteiger partial charge in [-0.3, -0.25) is 14.5 Å². The summed E-state index contributed by atoms with van der Waals surface area (Å²) in [5.41, 5.74) is 0.971. The van der Waals surface area contributed by atoms with E-state index in [2.05, 4.69) is 0 Å². The zero-order chi connectivity index (χ0) is 26.3. The quantitative estimate of drug-likeness (QED) is 0.247. The number of carbonyl (C=O) groups is 3. The Morgan fingerprint density at radius 3 is 2.57 bits per heavy atom. The minimum Gasteiger partial charge on any atom is -0.508 e. The molecular formula is C28H20ClNO7. The van der Waals surface area contributed by atoms with Gasteiger partial charge in [-0.05, 0) is 67.1 Å². The van der Waals surface area contributed by atoms with Gasteiger partial charge in [0.15, 0.2) is 11.5 Å². The van der Waals surface area contributed by atoms with Crippen LogP contribution >= 0.6 is 11.6 Å². The Labute approximate surface area is 215 Å². The highest BCUT2D eigenvalue weighted by molar-refractivity contribution is 6.31. The van der Waals surface area contributed by atoms with Crippen molar-refractivity contribution in [2.75, 3.05) is 11.5 Å². The number of hydrogen-bond donors (Lipinski definition) is 2. The highest BCUT2D eigenvalue weighted by Gasteiger charge is 2.45. The predicted octanol–water partition coefficient (Wildman–Crippen LogP) is 5.75. The highest BCUT2D eigenvalue weighted by atomic mass is 35.5. The number of phenolic OH excluding ortho intramolecular Hbond substituents is 1. The molecule has 1 aromatic heterocycles. The van der Waals surface area contributed by atoms with Crippen LogP contribution in [-0.4, -0.2) is 34.5 Å². The number of rotatable bonds is 6. The Bertz CT molecular complexity index is 1600. The topological polar surface area (TPSA) is 117 Å². The van der Waals surface area contributed by atoms with Gasteiger partial charge in [0, 0.05) is 16.1 Å². The second kappa shape index (κ2) is 9.48. The molecule has 9 heteroatoms. The molecule has 0 bridgehead atoms. The summed E-state index contributed by atoms with van der Waals surface area (Å²) in [6.07, 6.45) is 0. The summed E-state index contributed by atoms with van der Waals surface area (Å²) < 4.78 is 10.8. The summed E-state index contributed by atoms with van der Waals surface area (Å²) in [4.78, 5) is 40.6. The summed E-state index contributed by atoms with van der Waals surface area (Å²) in [6.45, 7) is 1.84. The second-order valence-corrected chi connectivity index (χ2v) is 8.76. The fourth-order valence-electron chi connectivity index (χ4n) is 4.37. The molecule has 2 N–H and O–H groups in total. The monoisotopic (exact) mass is 517 g/mol. The molecule has 0 fully saturated rings. The maximum atomic E-state index is 13.7. The molecule has 1 aliphatic rings. The van der Waals surface area contributed by atoms with Gasteiger partial charge < -0.3 is 19.4 Å². The van der Waals surface area contributed by atoms with Gasteiger partial charge in [-0.2, -0.15) is 0 Å². The average Bonchev–Trinajstić information content (AvgIpc) is 3.42. The summed E-state index contributed by atoms with van der Waals surface area (Å²) >= 11 is 6.05. The number of ketones is 1. The van der Waals surface area contributed by atoms with E-state index in [0.29, 0.717) is 21.6 Å². The molecule has 2 heterocycles. The molecule has 0 saturated carbocycles. The second-order valence-electron chi connectivity index (χ2n) is 8.33. The molecule has 8 nitrogen and oxygen atoms in total. The Hall–Kier alpha value is -4.56. The lowest BCUT2D eigenvalue weighted by Gasteiger charge is -2.27. The van der Waals surface area contributed by atoms with Crippen molar-refractivity contribution in [3.63, 3.8) is 0 Å². The fourth-order valence-corrected chi connectivity index (χ4v) is 4.55. The lowest BCUT2D eigenvalue weighted by molar-refractivity contribution is -0.117. The number of aliphatic hydroxyl groups is 1. The van der Waals surface area contributed by atoms with E-state index in [1.165, 1.54) is 35.2 Å². The third-order valence-electron chi connectivity index (χ3n) is 5.98. The van der Waals surface area contributed by atoms with E-state index < -0.39 is 29.5 Å². The molecule has 1 amide bonds. The zero-order valence-electron chi connectivity index (χ0n) is 19.5. The lowest BCUT2D eigenvalue weighted by atomic mass is 9.94. The Morgan fingerprint density at radius 1 is 1.03 bits per heavy atom. The molecule has 1 unspecified atom stereocenters. The third kappa shape index (κ3) is 4.32. The van der Waals surface area contributed by atoms with Gasteiger partial charge in [0.25, 0.3) is 5.91 Å². The van der Waals surface area contributed by atoms with Gasteiger partial charge >= 0.3 is 5.97 Å². The number of carbonyl (C=O) groups excluding carboxylic acids is 3. The standard InChI is InChI=1S/C28H20ClNO7/c1-2-36-28(35)16-6-3-7-19(12-16)30-24(15-5-4-8-20(31)13-15)23(26(33)27(30)34)25(32)22-14-17-11-18(29)9-10-21(17)37-22/h3-14,24,31,33H,2H2,1H3. The first kappa shape index (κ1) is 24.1. The molecule has 1 atom stereocenters. The van der Waals surface area contributed by atoms with E-state index in [-0.39, 0.29) is 34.9 Å². The van der Waals surface area contributed by atoms with Crippen LogP contribution in [0.2, 0.25) is 5.02 Å². The van der Waals surface area contributed by atoms with Crippen molar-refractivity contribution in [1.82, 2.24) is 0 Å². The van der Waals surface area contributed by atoms with Crippen LogP contribution in [0.1, 0.15) is 39.4 Å². The molecule has 0 radical (unpaired) electrons. The van der Waals surface area contributed by atoms with Gasteiger partial charge in [0.1, 0.15) is 11.3 Å². The van der Waals surface area contributed by atoms with Crippen molar-refractivity contribution in [3.8, 4) is 5.75 Å². The minimum atomic E-state index is -1.12. The number of esters is 1. The highest BCUT2D eigenvalue weighted by Crippen LogP contribution is 2.43. The predicted molar refractivity (Wildman–Crippen MR) is 136 cm³/mol. The first-order chi connectivity index (χ1) is 17.8. The van der Waals surface area contributed by atoms with Gasteiger partial charge in [-0.25, -0.2) is 4.79 Å². The molecule has 3 aromatic carbocycles. The number of Topliss-reactive ketones (excluding diaryl/α,β-unsaturated/α-hetero) is 1. The van der Waals surface area contributed by atoms with Gasteiger partial charge in [0.2, 0.25) is 5.78 Å². The van der Waals surface area contributed by atoms with Gasteiger partial charge in [0.05, 0.1) is 23.8 Å². The summed E-state index contributed by atoms with van der Waals surface area (Å²) in [7, 11) is 0. The largest absolute Gasteiger partial charge is 0.508 e. The van der Waals surface area contributed by atoms with E-state index in [1.54, 1.807) is 49.4 Å². The van der Waals surface area contributed by atoms with Crippen LogP contribution in [0.25, 0.3) is 11.0 Å². The molecule has 4 aromatic rings. The van der Waals surface area contributed by atoms with E-state index >= 15 is 0 Å². The number of anilines is 1. The van der Waals surface area contributed by atoms with Crippen LogP contribution in [0.15, 0.2) is 88.5 Å². The number of amides is 1. The third-order valence-corrected chi connectivity index (χ3v) is 6.21. The van der Waals surface area contributed by atoms with Crippen LogP contribution in [0.4, 0.5) is 5.69 Å². The van der Waals surface area contributed by atoms with E-state index in [4.69, 9.17) is 20.8 Å². The number of nitrogens with zero attached hydrogens (tertiary/aromatic N) is 1. The van der Waals surface area contributed by atoms with Crippen LogP contribution in [0.3, 0.4) is 0 Å². The van der Waals surface area contributed by atoms with Crippen LogP contribution < -0.4 is 4.90 Å². The Balaban J connectivity index is 1.64. The molecule has 0 spiro atoms. The normalized spacial score (nSPS) is 15.5. The number of ether oxygens (including phenoxy) is 1. The fraction of sp³-hybridized carbons (Fsp3) is 0.107. The molecular weight excluding hydrogens is 498 g/mol. The number of furan rings is 1. The summed E-state index contributed by atoms with van der Waals surface area (Å²) in [5, 5.41) is 22.1. The van der Waals surface area contributed by atoms with Crippen LogP contribution in [0.5, 0.6) is 5.75 Å². The first-order valence-corrected chi connectivity index (χ1v) is 11.7. The minimum absolute atomic E-state index is 0.0956. The maximum absolute atomic E-state index is 13.7. The van der Waals surface area contributed by atoms with E-state index in [1.807, 2.05) is 0 Å². The first-order valence-electron chi connectivity index (χ1n) is 11.3.